The van der Waals surface area contributed by atoms with Crippen LogP contribution in [0.5, 0.6) is 0 Å². The van der Waals surface area contributed by atoms with Crippen molar-refractivity contribution in [1.29, 1.82) is 0 Å². The second-order valence-electron chi connectivity index (χ2n) is 5.78. The summed E-state index contributed by atoms with van der Waals surface area (Å²) in [6.45, 7) is 3.96. The Morgan fingerprint density at radius 1 is 1.23 bits per heavy atom. The molecule has 0 radical (unpaired) electrons. The average molecular weight is 322 g/mol. The van der Waals surface area contributed by atoms with E-state index in [1.807, 2.05) is 36.5 Å². The van der Waals surface area contributed by atoms with Crippen molar-refractivity contribution in [2.75, 3.05) is 19.6 Å². The van der Waals surface area contributed by atoms with Crippen LogP contribution in [0.4, 0.5) is 0 Å². The van der Waals surface area contributed by atoms with E-state index in [0.29, 0.717) is 0 Å². The lowest BCUT2D eigenvalue weighted by molar-refractivity contribution is 0.161. The van der Waals surface area contributed by atoms with Crippen molar-refractivity contribution in [1.82, 2.24) is 19.9 Å². The van der Waals surface area contributed by atoms with Gasteiger partial charge in [0.15, 0.2) is 0 Å². The fourth-order valence-corrected chi connectivity index (χ4v) is 3.05. The lowest BCUT2D eigenvalue weighted by Gasteiger charge is -2.31. The first-order chi connectivity index (χ1) is 10.3. The highest BCUT2D eigenvalue weighted by Gasteiger charge is 2.20. The van der Waals surface area contributed by atoms with Crippen molar-refractivity contribution in [3.8, 4) is 5.69 Å². The fourth-order valence-electron chi connectivity index (χ4n) is 3.05. The van der Waals surface area contributed by atoms with E-state index in [9.17, 15) is 0 Å². The number of nitrogens with zero attached hydrogens (tertiary/aromatic N) is 4. The fraction of sp³-hybridized carbons (Fsp3) is 0.500. The van der Waals surface area contributed by atoms with E-state index in [1.165, 1.54) is 12.8 Å². The number of benzene rings is 1. The van der Waals surface area contributed by atoms with Gasteiger partial charge in [0.05, 0.1) is 17.6 Å². The summed E-state index contributed by atoms with van der Waals surface area (Å²) in [6, 6.07) is 10.0. The second-order valence-corrected chi connectivity index (χ2v) is 5.78. The van der Waals surface area contributed by atoms with Gasteiger partial charge in [0.1, 0.15) is 0 Å². The average Bonchev–Trinajstić information content (AvgIpc) is 2.97. The topological polar surface area (TPSA) is 60.0 Å². The molecule has 1 aromatic heterocycles. The van der Waals surface area contributed by atoms with Gasteiger partial charge in [-0.1, -0.05) is 18.2 Å². The molecule has 1 unspecified atom stereocenters. The molecule has 1 aromatic carbocycles. The molecule has 0 amide bonds. The molecule has 3 rings (SSSR count). The first-order valence-corrected chi connectivity index (χ1v) is 7.74. The molecule has 0 saturated carbocycles. The molecular weight excluding hydrogens is 298 g/mol. The third kappa shape index (κ3) is 4.29. The third-order valence-electron chi connectivity index (χ3n) is 4.09. The van der Waals surface area contributed by atoms with E-state index in [4.69, 9.17) is 5.73 Å². The quantitative estimate of drug-likeness (QED) is 0.917. The Hall–Kier alpha value is -1.43. The molecule has 0 bridgehead atoms. The van der Waals surface area contributed by atoms with Gasteiger partial charge in [-0.15, -0.1) is 12.4 Å². The van der Waals surface area contributed by atoms with Crippen LogP contribution in [-0.4, -0.2) is 39.5 Å². The number of nitrogens with two attached hydrogens (primary N) is 1. The molecule has 120 valence electrons. The second kappa shape index (κ2) is 8.27. The minimum atomic E-state index is 0. The number of rotatable bonds is 5. The highest BCUT2D eigenvalue weighted by molar-refractivity contribution is 5.85. The molecule has 1 atom stereocenters. The third-order valence-corrected chi connectivity index (χ3v) is 4.09. The molecule has 2 N–H and O–H groups in total. The minimum absolute atomic E-state index is 0. The predicted molar refractivity (Wildman–Crippen MR) is 90.3 cm³/mol. The van der Waals surface area contributed by atoms with Crippen molar-refractivity contribution >= 4 is 12.4 Å². The van der Waals surface area contributed by atoms with Gasteiger partial charge in [-0.3, -0.25) is 4.90 Å². The first kappa shape index (κ1) is 16.9. The number of aromatic nitrogens is 3. The Morgan fingerprint density at radius 2 is 2.05 bits per heavy atom. The minimum Gasteiger partial charge on any atom is -0.330 e. The molecule has 22 heavy (non-hydrogen) atoms. The monoisotopic (exact) mass is 321 g/mol. The van der Waals surface area contributed by atoms with Crippen LogP contribution in [0.15, 0.2) is 36.5 Å². The van der Waals surface area contributed by atoms with Crippen LogP contribution in [-0.2, 0) is 6.54 Å². The van der Waals surface area contributed by atoms with Crippen molar-refractivity contribution < 1.29 is 0 Å². The molecule has 1 aliphatic heterocycles. The molecule has 1 aliphatic rings. The molecular formula is C16H24ClN5. The van der Waals surface area contributed by atoms with Crippen molar-refractivity contribution in [2.24, 2.45) is 11.7 Å². The Kier molecular flexibility index (Phi) is 6.36. The lowest BCUT2D eigenvalue weighted by Crippen LogP contribution is -2.35. The van der Waals surface area contributed by atoms with Gasteiger partial charge in [-0.05, 0) is 50.4 Å². The van der Waals surface area contributed by atoms with Crippen LogP contribution in [0.3, 0.4) is 0 Å². The molecule has 5 nitrogen and oxygen atoms in total. The van der Waals surface area contributed by atoms with E-state index in [-0.39, 0.29) is 12.4 Å². The van der Waals surface area contributed by atoms with E-state index in [1.54, 1.807) is 4.80 Å². The van der Waals surface area contributed by atoms with Gasteiger partial charge in [0, 0.05) is 13.1 Å². The maximum atomic E-state index is 5.68. The molecule has 1 saturated heterocycles. The number of para-hydroxylation sites is 1. The summed E-state index contributed by atoms with van der Waals surface area (Å²) in [5.41, 5.74) is 7.72. The number of piperidine rings is 1. The highest BCUT2D eigenvalue weighted by atomic mass is 35.5. The highest BCUT2D eigenvalue weighted by Crippen LogP contribution is 2.20. The first-order valence-electron chi connectivity index (χ1n) is 7.74. The van der Waals surface area contributed by atoms with Gasteiger partial charge >= 0.3 is 0 Å². The van der Waals surface area contributed by atoms with Crippen molar-refractivity contribution in [2.45, 2.75) is 25.8 Å². The Balaban J connectivity index is 0.00000176. The standard InChI is InChI=1S/C16H23N5.ClH/c17-9-8-14-5-4-10-20(12-14)13-15-11-18-21(19-15)16-6-2-1-3-7-16;/h1-3,6-7,11,14H,4-5,8-10,12-13,17H2;1H. The van der Waals surface area contributed by atoms with Gasteiger partial charge in [-0.25, -0.2) is 0 Å². The smallest absolute Gasteiger partial charge is 0.0971 e. The van der Waals surface area contributed by atoms with E-state index in [0.717, 1.165) is 49.9 Å². The van der Waals surface area contributed by atoms with Crippen LogP contribution in [0, 0.1) is 5.92 Å². The number of halogens is 1. The van der Waals surface area contributed by atoms with E-state index in [2.05, 4.69) is 15.1 Å². The summed E-state index contributed by atoms with van der Waals surface area (Å²) in [4.78, 5) is 4.18. The van der Waals surface area contributed by atoms with E-state index < -0.39 is 0 Å². The molecule has 2 aromatic rings. The van der Waals surface area contributed by atoms with Gasteiger partial charge in [-0.2, -0.15) is 15.0 Å². The molecule has 6 heteroatoms. The van der Waals surface area contributed by atoms with Crippen molar-refractivity contribution in [3.63, 3.8) is 0 Å². The Bertz CT molecular complexity index is 555. The zero-order chi connectivity index (χ0) is 14.5. The molecule has 0 aliphatic carbocycles. The zero-order valence-corrected chi connectivity index (χ0v) is 13.6. The Morgan fingerprint density at radius 3 is 2.82 bits per heavy atom. The van der Waals surface area contributed by atoms with Gasteiger partial charge in [0.25, 0.3) is 0 Å². The van der Waals surface area contributed by atoms with Crippen LogP contribution in [0.2, 0.25) is 0 Å². The molecule has 2 heterocycles. The van der Waals surface area contributed by atoms with Crippen molar-refractivity contribution in [3.05, 3.63) is 42.2 Å². The maximum Gasteiger partial charge on any atom is 0.0971 e. The Labute approximate surface area is 137 Å². The largest absolute Gasteiger partial charge is 0.330 e. The molecule has 1 fully saturated rings. The number of hydrogen-bond acceptors (Lipinski definition) is 4. The van der Waals surface area contributed by atoms with Crippen LogP contribution < -0.4 is 5.73 Å². The SMILES string of the molecule is Cl.NCCC1CCCN(Cc2cnn(-c3ccccc3)n2)C1. The van der Waals surface area contributed by atoms with Crippen LogP contribution in [0.1, 0.15) is 25.0 Å². The number of likely N-dealkylation sites (tertiary alicyclic amines) is 1. The summed E-state index contributed by atoms with van der Waals surface area (Å²) in [5, 5.41) is 8.95. The summed E-state index contributed by atoms with van der Waals surface area (Å²) >= 11 is 0. The van der Waals surface area contributed by atoms with Gasteiger partial charge in [0.2, 0.25) is 0 Å². The van der Waals surface area contributed by atoms with Crippen LogP contribution in [0.25, 0.3) is 5.69 Å². The predicted octanol–water partition coefficient (Wildman–Crippen LogP) is 2.25. The summed E-state index contributed by atoms with van der Waals surface area (Å²) < 4.78 is 0. The van der Waals surface area contributed by atoms with Crippen LogP contribution >= 0.6 is 12.4 Å². The maximum absolute atomic E-state index is 5.68. The van der Waals surface area contributed by atoms with E-state index >= 15 is 0 Å². The normalized spacial score (nSPS) is 18.9. The zero-order valence-electron chi connectivity index (χ0n) is 12.8. The summed E-state index contributed by atoms with van der Waals surface area (Å²) in [6.07, 6.45) is 5.58. The molecule has 0 spiro atoms. The summed E-state index contributed by atoms with van der Waals surface area (Å²) in [7, 11) is 0. The summed E-state index contributed by atoms with van der Waals surface area (Å²) in [5.74, 6) is 0.743. The van der Waals surface area contributed by atoms with Gasteiger partial charge < -0.3 is 5.73 Å². The lowest BCUT2D eigenvalue weighted by atomic mass is 9.95. The number of hydrogen-bond donors (Lipinski definition) is 1.